The molecule has 1 aliphatic heterocycles. The van der Waals surface area contributed by atoms with Gasteiger partial charge in [-0.15, -0.1) is 0 Å². The largest absolute Gasteiger partial charge is 0.355 e. The minimum absolute atomic E-state index is 0.0999. The molecule has 1 saturated heterocycles. The highest BCUT2D eigenvalue weighted by Gasteiger charge is 2.29. The highest BCUT2D eigenvalue weighted by Crippen LogP contribution is 2.26. The number of hydrogen-bond donors (Lipinski definition) is 1. The third kappa shape index (κ3) is 3.79. The van der Waals surface area contributed by atoms with Gasteiger partial charge in [-0.05, 0) is 37.7 Å². The molecule has 24 heavy (non-hydrogen) atoms. The van der Waals surface area contributed by atoms with Crippen molar-refractivity contribution in [1.82, 2.24) is 15.1 Å². The van der Waals surface area contributed by atoms with Gasteiger partial charge < -0.3 is 10.2 Å². The lowest BCUT2D eigenvalue weighted by Gasteiger charge is -2.34. The molecule has 0 unspecified atom stereocenters. The smallest absolute Gasteiger partial charge is 0.266 e. The van der Waals surface area contributed by atoms with Gasteiger partial charge >= 0.3 is 0 Å². The van der Waals surface area contributed by atoms with Crippen LogP contribution in [0.5, 0.6) is 0 Å². The van der Waals surface area contributed by atoms with Gasteiger partial charge in [0.05, 0.1) is 0 Å². The van der Waals surface area contributed by atoms with Crippen molar-refractivity contribution < 1.29 is 4.79 Å². The number of aryl methyl sites for hydroxylation is 1. The maximum atomic E-state index is 12.6. The number of rotatable bonds is 3. The minimum atomic E-state index is -0.102. The van der Waals surface area contributed by atoms with Crippen molar-refractivity contribution in [2.75, 3.05) is 18.0 Å². The van der Waals surface area contributed by atoms with Gasteiger partial charge in [0, 0.05) is 38.2 Å². The number of carbonyl (C=O) groups excluding carboxylic acids is 1. The van der Waals surface area contributed by atoms with Crippen molar-refractivity contribution in [2.45, 2.75) is 51.5 Å². The summed E-state index contributed by atoms with van der Waals surface area (Å²) in [6.07, 6.45) is 6.55. The maximum Gasteiger partial charge on any atom is 0.266 e. The zero-order valence-electron chi connectivity index (χ0n) is 14.7. The number of nitrogens with zero attached hydrogens (tertiary/aromatic N) is 3. The monoisotopic (exact) mass is 332 g/mol. The molecule has 2 aliphatic rings. The molecule has 1 aromatic rings. The third-order valence-corrected chi connectivity index (χ3v) is 5.58. The molecule has 0 radical (unpaired) electrons. The van der Waals surface area contributed by atoms with E-state index in [0.717, 1.165) is 38.2 Å². The molecule has 2 atom stereocenters. The second-order valence-electron chi connectivity index (χ2n) is 7.29. The Morgan fingerprint density at radius 2 is 1.88 bits per heavy atom. The van der Waals surface area contributed by atoms with E-state index in [4.69, 9.17) is 0 Å². The lowest BCUT2D eigenvalue weighted by Crippen LogP contribution is -2.47. The molecule has 0 spiro atoms. The number of piperidine rings is 1. The summed E-state index contributed by atoms with van der Waals surface area (Å²) < 4.78 is 1.36. The Labute approximate surface area is 143 Å². The third-order valence-electron chi connectivity index (χ3n) is 5.58. The second-order valence-corrected chi connectivity index (χ2v) is 7.29. The first kappa shape index (κ1) is 17.0. The van der Waals surface area contributed by atoms with Crippen molar-refractivity contribution in [3.63, 3.8) is 0 Å². The SMILES string of the molecule is C[C@H]1CCCC[C@@H]1NC(=O)C1CCN(c2ccc(=O)n(C)n2)CC1. The van der Waals surface area contributed by atoms with Gasteiger partial charge in [-0.2, -0.15) is 5.10 Å². The van der Waals surface area contributed by atoms with Gasteiger partial charge in [-0.25, -0.2) is 4.68 Å². The molecule has 0 bridgehead atoms. The van der Waals surface area contributed by atoms with Crippen LogP contribution in [0.3, 0.4) is 0 Å². The van der Waals surface area contributed by atoms with Crippen LogP contribution in [0.15, 0.2) is 16.9 Å². The van der Waals surface area contributed by atoms with Crippen LogP contribution in [-0.2, 0) is 11.8 Å². The molecule has 132 valence electrons. The Morgan fingerprint density at radius 3 is 2.54 bits per heavy atom. The fourth-order valence-electron chi connectivity index (χ4n) is 3.86. The predicted octanol–water partition coefficient (Wildman–Crippen LogP) is 1.69. The summed E-state index contributed by atoms with van der Waals surface area (Å²) >= 11 is 0. The number of carbonyl (C=O) groups is 1. The molecule has 2 fully saturated rings. The summed E-state index contributed by atoms with van der Waals surface area (Å²) in [6, 6.07) is 3.67. The molecule has 6 nitrogen and oxygen atoms in total. The summed E-state index contributed by atoms with van der Waals surface area (Å²) in [6.45, 7) is 3.87. The Hall–Kier alpha value is -1.85. The van der Waals surface area contributed by atoms with Gasteiger partial charge in [-0.3, -0.25) is 9.59 Å². The van der Waals surface area contributed by atoms with Crippen molar-refractivity contribution in [1.29, 1.82) is 0 Å². The summed E-state index contributed by atoms with van der Waals surface area (Å²) in [5.41, 5.74) is -0.102. The molecule has 1 saturated carbocycles. The van der Waals surface area contributed by atoms with E-state index in [1.54, 1.807) is 19.2 Å². The Balaban J connectivity index is 1.53. The van der Waals surface area contributed by atoms with Crippen molar-refractivity contribution >= 4 is 11.7 Å². The van der Waals surface area contributed by atoms with E-state index in [9.17, 15) is 9.59 Å². The highest BCUT2D eigenvalue weighted by atomic mass is 16.2. The molecular weight excluding hydrogens is 304 g/mol. The summed E-state index contributed by atoms with van der Waals surface area (Å²) in [7, 11) is 1.66. The molecule has 1 N–H and O–H groups in total. The summed E-state index contributed by atoms with van der Waals surface area (Å²) in [5, 5.41) is 7.59. The number of hydrogen-bond acceptors (Lipinski definition) is 4. The highest BCUT2D eigenvalue weighted by molar-refractivity contribution is 5.79. The number of anilines is 1. The number of amides is 1. The van der Waals surface area contributed by atoms with Gasteiger partial charge in [-0.1, -0.05) is 19.8 Å². The molecule has 1 aliphatic carbocycles. The van der Waals surface area contributed by atoms with Crippen molar-refractivity contribution in [2.24, 2.45) is 18.9 Å². The van der Waals surface area contributed by atoms with Crippen LogP contribution >= 0.6 is 0 Å². The molecule has 2 heterocycles. The molecule has 3 rings (SSSR count). The predicted molar refractivity (Wildman–Crippen MR) is 94.0 cm³/mol. The Morgan fingerprint density at radius 1 is 1.17 bits per heavy atom. The zero-order chi connectivity index (χ0) is 17.1. The van der Waals surface area contributed by atoms with Gasteiger partial charge in [0.25, 0.3) is 5.56 Å². The van der Waals surface area contributed by atoms with E-state index in [2.05, 4.69) is 22.2 Å². The van der Waals surface area contributed by atoms with E-state index in [0.29, 0.717) is 12.0 Å². The van der Waals surface area contributed by atoms with Crippen molar-refractivity contribution in [3.8, 4) is 0 Å². The molecular formula is C18H28N4O2. The topological polar surface area (TPSA) is 67.2 Å². The van der Waals surface area contributed by atoms with Gasteiger partial charge in [0.15, 0.2) is 0 Å². The fraction of sp³-hybridized carbons (Fsp3) is 0.722. The lowest BCUT2D eigenvalue weighted by molar-refractivity contribution is -0.126. The first-order valence-electron chi connectivity index (χ1n) is 9.14. The maximum absolute atomic E-state index is 12.6. The van der Waals surface area contributed by atoms with Gasteiger partial charge in [0.2, 0.25) is 5.91 Å². The zero-order valence-corrected chi connectivity index (χ0v) is 14.7. The first-order chi connectivity index (χ1) is 11.5. The van der Waals surface area contributed by atoms with E-state index in [1.165, 1.54) is 23.9 Å². The van der Waals surface area contributed by atoms with E-state index >= 15 is 0 Å². The minimum Gasteiger partial charge on any atom is -0.355 e. The van der Waals surface area contributed by atoms with Crippen LogP contribution < -0.4 is 15.8 Å². The molecule has 1 amide bonds. The van der Waals surface area contributed by atoms with E-state index < -0.39 is 0 Å². The number of aromatic nitrogens is 2. The van der Waals surface area contributed by atoms with E-state index in [-0.39, 0.29) is 17.4 Å². The van der Waals surface area contributed by atoms with Crippen LogP contribution in [0.25, 0.3) is 0 Å². The second kappa shape index (κ2) is 7.36. The lowest BCUT2D eigenvalue weighted by atomic mass is 9.85. The Kier molecular flexibility index (Phi) is 5.21. The summed E-state index contributed by atoms with van der Waals surface area (Å²) in [4.78, 5) is 26.2. The van der Waals surface area contributed by atoms with E-state index in [1.807, 2.05) is 0 Å². The van der Waals surface area contributed by atoms with Crippen LogP contribution in [-0.4, -0.2) is 34.8 Å². The fourth-order valence-corrected chi connectivity index (χ4v) is 3.86. The average molecular weight is 332 g/mol. The van der Waals surface area contributed by atoms with Crippen molar-refractivity contribution in [3.05, 3.63) is 22.5 Å². The van der Waals surface area contributed by atoms with Crippen LogP contribution in [0, 0.1) is 11.8 Å². The molecule has 1 aromatic heterocycles. The Bertz CT molecular complexity index is 634. The average Bonchev–Trinajstić information content (AvgIpc) is 2.59. The number of nitrogens with one attached hydrogen (secondary N) is 1. The molecule has 0 aromatic carbocycles. The first-order valence-corrected chi connectivity index (χ1v) is 9.14. The standard InChI is InChI=1S/C18H28N4O2/c1-13-5-3-4-6-15(13)19-18(24)14-9-11-22(12-10-14)16-7-8-17(23)21(2)20-16/h7-8,13-15H,3-6,9-12H2,1-2H3,(H,19,24)/t13-,15-/m0/s1. The summed E-state index contributed by atoms with van der Waals surface area (Å²) in [5.74, 6) is 1.74. The quantitative estimate of drug-likeness (QED) is 0.915. The van der Waals surface area contributed by atoms with Crippen LogP contribution in [0.1, 0.15) is 45.4 Å². The molecule has 6 heteroatoms. The van der Waals surface area contributed by atoms with Crippen LogP contribution in [0.4, 0.5) is 5.82 Å². The normalized spacial score (nSPS) is 25.5. The van der Waals surface area contributed by atoms with Gasteiger partial charge in [0.1, 0.15) is 5.82 Å². The van der Waals surface area contributed by atoms with Crippen LogP contribution in [0.2, 0.25) is 0 Å².